The lowest BCUT2D eigenvalue weighted by atomic mass is 10.2. The number of hydrogen-bond donors (Lipinski definition) is 3. The number of thiophene rings is 1. The van der Waals surface area contributed by atoms with Gasteiger partial charge in [0.25, 0.3) is 10.0 Å². The Hall–Kier alpha value is -2.53. The van der Waals surface area contributed by atoms with Gasteiger partial charge in [0.2, 0.25) is 5.91 Å². The van der Waals surface area contributed by atoms with Crippen LogP contribution in [0.25, 0.3) is 0 Å². The predicted octanol–water partition coefficient (Wildman–Crippen LogP) is 5.02. The van der Waals surface area contributed by atoms with Crippen LogP contribution in [-0.2, 0) is 14.8 Å². The summed E-state index contributed by atoms with van der Waals surface area (Å²) >= 11 is 8.44. The van der Waals surface area contributed by atoms with Gasteiger partial charge in [-0.2, -0.15) is 0 Å². The zero-order chi connectivity index (χ0) is 22.6. The second kappa shape index (κ2) is 9.73. The molecule has 3 aromatic rings. The highest BCUT2D eigenvalue weighted by molar-refractivity contribution is 8.00. The first kappa shape index (κ1) is 23.1. The van der Waals surface area contributed by atoms with Crippen LogP contribution >= 0.6 is 34.7 Å². The zero-order valence-corrected chi connectivity index (χ0v) is 19.2. The van der Waals surface area contributed by atoms with Crippen molar-refractivity contribution in [3.8, 4) is 0 Å². The van der Waals surface area contributed by atoms with E-state index >= 15 is 0 Å². The van der Waals surface area contributed by atoms with E-state index in [1.54, 1.807) is 42.6 Å². The van der Waals surface area contributed by atoms with Crippen molar-refractivity contribution in [3.05, 3.63) is 70.6 Å². The summed E-state index contributed by atoms with van der Waals surface area (Å²) in [5.74, 6) is -1.47. The van der Waals surface area contributed by atoms with Gasteiger partial charge in [0, 0.05) is 10.6 Å². The summed E-state index contributed by atoms with van der Waals surface area (Å²) in [7, 11) is -3.62. The zero-order valence-electron chi connectivity index (χ0n) is 16.0. The molecule has 7 nitrogen and oxygen atoms in total. The molecule has 3 N–H and O–H groups in total. The van der Waals surface area contributed by atoms with E-state index in [4.69, 9.17) is 16.7 Å². The molecular formula is C20H17ClN2O5S3. The highest BCUT2D eigenvalue weighted by atomic mass is 35.5. The lowest BCUT2D eigenvalue weighted by Crippen LogP contribution is -2.22. The first-order valence-corrected chi connectivity index (χ1v) is 12.4. The third-order valence-electron chi connectivity index (χ3n) is 4.02. The molecule has 0 bridgehead atoms. The second-order valence-corrected chi connectivity index (χ2v) is 11.0. The van der Waals surface area contributed by atoms with Crippen LogP contribution in [0.3, 0.4) is 0 Å². The normalized spacial score (nSPS) is 12.2. The van der Waals surface area contributed by atoms with Crippen molar-refractivity contribution in [3.63, 3.8) is 0 Å². The molecule has 11 heteroatoms. The third-order valence-corrected chi connectivity index (χ3v) is 8.24. The van der Waals surface area contributed by atoms with Crippen molar-refractivity contribution >= 4 is 68.0 Å². The first-order chi connectivity index (χ1) is 14.7. The Balaban J connectivity index is 1.63. The van der Waals surface area contributed by atoms with Gasteiger partial charge < -0.3 is 10.4 Å². The van der Waals surface area contributed by atoms with Gasteiger partial charge in [-0.3, -0.25) is 9.52 Å². The van der Waals surface area contributed by atoms with E-state index in [9.17, 15) is 18.0 Å². The maximum Gasteiger partial charge on any atom is 0.335 e. The van der Waals surface area contributed by atoms with E-state index in [0.717, 1.165) is 16.2 Å². The number of carboxylic acid groups (broad SMARTS) is 1. The second-order valence-electron chi connectivity index (χ2n) is 6.31. The van der Waals surface area contributed by atoms with E-state index < -0.39 is 21.2 Å². The number of nitrogens with one attached hydrogen (secondary N) is 2. The van der Waals surface area contributed by atoms with Crippen LogP contribution in [0.4, 0.5) is 11.4 Å². The average Bonchev–Trinajstić information content (AvgIpc) is 3.26. The minimum absolute atomic E-state index is 0.0144. The van der Waals surface area contributed by atoms with E-state index in [1.807, 2.05) is 0 Å². The SMILES string of the molecule is CC(Sc1ccc(NS(=O)(=O)c2cccs2)cc1)C(=O)Nc1cc(C(=O)O)ccc1Cl. The van der Waals surface area contributed by atoms with Crippen molar-refractivity contribution < 1.29 is 23.1 Å². The minimum atomic E-state index is -3.62. The molecule has 0 aliphatic carbocycles. The summed E-state index contributed by atoms with van der Waals surface area (Å²) in [6.45, 7) is 1.70. The van der Waals surface area contributed by atoms with Crippen LogP contribution in [0.2, 0.25) is 5.02 Å². The molecule has 1 heterocycles. The quantitative estimate of drug-likeness (QED) is 0.377. The van der Waals surface area contributed by atoms with Crippen LogP contribution in [-0.4, -0.2) is 30.7 Å². The van der Waals surface area contributed by atoms with Crippen molar-refractivity contribution in [1.82, 2.24) is 0 Å². The number of aromatic carboxylic acids is 1. The number of anilines is 2. The van der Waals surface area contributed by atoms with Crippen molar-refractivity contribution in [2.75, 3.05) is 10.0 Å². The fourth-order valence-electron chi connectivity index (χ4n) is 2.47. The van der Waals surface area contributed by atoms with E-state index in [0.29, 0.717) is 5.69 Å². The maximum absolute atomic E-state index is 12.5. The molecule has 0 aliphatic rings. The molecule has 2 aromatic carbocycles. The molecule has 0 radical (unpaired) electrons. The van der Waals surface area contributed by atoms with Gasteiger partial charge in [-0.1, -0.05) is 17.7 Å². The number of carboxylic acids is 1. The summed E-state index contributed by atoms with van der Waals surface area (Å²) in [5, 5.41) is 13.1. The van der Waals surface area contributed by atoms with Crippen molar-refractivity contribution in [1.29, 1.82) is 0 Å². The van der Waals surface area contributed by atoms with Crippen LogP contribution in [0, 0.1) is 0 Å². The molecule has 162 valence electrons. The highest BCUT2D eigenvalue weighted by Gasteiger charge is 2.18. The number of thioether (sulfide) groups is 1. The molecule has 0 fully saturated rings. The molecule has 0 saturated carbocycles. The minimum Gasteiger partial charge on any atom is -0.478 e. The maximum atomic E-state index is 12.5. The number of rotatable bonds is 8. The molecule has 1 amide bonds. The number of carbonyl (C=O) groups is 2. The summed E-state index contributed by atoms with van der Waals surface area (Å²) in [6.07, 6.45) is 0. The number of benzene rings is 2. The summed E-state index contributed by atoms with van der Waals surface area (Å²) in [5.41, 5.74) is 0.644. The Morgan fingerprint density at radius 1 is 1.13 bits per heavy atom. The van der Waals surface area contributed by atoms with Gasteiger partial charge in [0.05, 0.1) is 21.5 Å². The number of sulfonamides is 1. The molecule has 31 heavy (non-hydrogen) atoms. The Morgan fingerprint density at radius 3 is 2.45 bits per heavy atom. The highest BCUT2D eigenvalue weighted by Crippen LogP contribution is 2.28. The van der Waals surface area contributed by atoms with Crippen LogP contribution < -0.4 is 10.0 Å². The Labute approximate surface area is 192 Å². The fourth-order valence-corrected chi connectivity index (χ4v) is 5.55. The smallest absolute Gasteiger partial charge is 0.335 e. The van der Waals surface area contributed by atoms with Gasteiger partial charge in [0.15, 0.2) is 0 Å². The van der Waals surface area contributed by atoms with E-state index in [-0.39, 0.29) is 26.4 Å². The molecule has 1 atom stereocenters. The number of halogens is 1. The number of hydrogen-bond acceptors (Lipinski definition) is 6. The van der Waals surface area contributed by atoms with Gasteiger partial charge in [0.1, 0.15) is 4.21 Å². The Morgan fingerprint density at radius 2 is 1.84 bits per heavy atom. The summed E-state index contributed by atoms with van der Waals surface area (Å²) < 4.78 is 27.3. The molecule has 1 unspecified atom stereocenters. The topological polar surface area (TPSA) is 113 Å². The fraction of sp³-hybridized carbons (Fsp3) is 0.100. The predicted molar refractivity (Wildman–Crippen MR) is 124 cm³/mol. The monoisotopic (exact) mass is 496 g/mol. The molecular weight excluding hydrogens is 480 g/mol. The molecule has 0 aliphatic heterocycles. The first-order valence-electron chi connectivity index (χ1n) is 8.82. The lowest BCUT2D eigenvalue weighted by molar-refractivity contribution is -0.115. The molecule has 1 aromatic heterocycles. The molecule has 0 spiro atoms. The number of carbonyl (C=O) groups excluding carboxylic acids is 1. The van der Waals surface area contributed by atoms with Crippen molar-refractivity contribution in [2.45, 2.75) is 21.3 Å². The van der Waals surface area contributed by atoms with E-state index in [1.165, 1.54) is 36.0 Å². The number of amides is 1. The van der Waals surface area contributed by atoms with Crippen LogP contribution in [0.1, 0.15) is 17.3 Å². The molecule has 0 saturated heterocycles. The summed E-state index contributed by atoms with van der Waals surface area (Å²) in [6, 6.07) is 13.9. The Kier molecular flexibility index (Phi) is 7.26. The van der Waals surface area contributed by atoms with E-state index in [2.05, 4.69) is 10.0 Å². The van der Waals surface area contributed by atoms with Crippen LogP contribution in [0.15, 0.2) is 69.1 Å². The molecule has 3 rings (SSSR count). The Bertz CT molecular complexity index is 1200. The summed E-state index contributed by atoms with van der Waals surface area (Å²) in [4.78, 5) is 24.4. The van der Waals surface area contributed by atoms with Crippen LogP contribution in [0.5, 0.6) is 0 Å². The van der Waals surface area contributed by atoms with Gasteiger partial charge >= 0.3 is 5.97 Å². The lowest BCUT2D eigenvalue weighted by Gasteiger charge is -2.14. The largest absolute Gasteiger partial charge is 0.478 e. The van der Waals surface area contributed by atoms with Crippen molar-refractivity contribution in [2.24, 2.45) is 0 Å². The average molecular weight is 497 g/mol. The van der Waals surface area contributed by atoms with Gasteiger partial charge in [-0.15, -0.1) is 23.1 Å². The standard InChI is InChI=1S/C20H17ClN2O5S3/c1-12(19(24)22-17-11-13(20(25)26)4-9-16(17)21)30-15-7-5-14(6-8-15)23-31(27,28)18-3-2-10-29-18/h2-12,23H,1H3,(H,22,24)(H,25,26). The van der Waals surface area contributed by atoms with Gasteiger partial charge in [-0.05, 0) is 60.8 Å². The third kappa shape index (κ3) is 6.01. The van der Waals surface area contributed by atoms with Gasteiger partial charge in [-0.25, -0.2) is 13.2 Å².